The van der Waals surface area contributed by atoms with Gasteiger partial charge in [-0.2, -0.15) is 0 Å². The first-order valence-electron chi connectivity index (χ1n) is 10.5. The van der Waals surface area contributed by atoms with Crippen LogP contribution in [0.2, 0.25) is 0 Å². The van der Waals surface area contributed by atoms with Crippen molar-refractivity contribution in [2.75, 3.05) is 30.4 Å². The number of hydrogen-bond acceptors (Lipinski definition) is 5. The van der Waals surface area contributed by atoms with Gasteiger partial charge in [0.25, 0.3) is 0 Å². The molecular formula is C23H31N5O2. The number of fused-ring (bicyclic) bond motifs is 1. The quantitative estimate of drug-likeness (QED) is 0.591. The van der Waals surface area contributed by atoms with E-state index < -0.39 is 0 Å². The zero-order valence-electron chi connectivity index (χ0n) is 17.9. The minimum atomic E-state index is -0.254. The molecule has 30 heavy (non-hydrogen) atoms. The van der Waals surface area contributed by atoms with E-state index in [9.17, 15) is 9.59 Å². The van der Waals surface area contributed by atoms with E-state index in [1.807, 2.05) is 61.2 Å². The number of nitrogens with zero attached hydrogens (tertiary/aromatic N) is 2. The smallest absolute Gasteiger partial charge is 0.236 e. The molecule has 1 aliphatic heterocycles. The van der Waals surface area contributed by atoms with E-state index >= 15 is 0 Å². The molecule has 0 radical (unpaired) electrons. The number of carbonyl (C=O) groups excluding carboxylic acids is 2. The maximum absolute atomic E-state index is 13.2. The highest BCUT2D eigenvalue weighted by Gasteiger charge is 2.35. The zero-order chi connectivity index (χ0) is 21.5. The Morgan fingerprint density at radius 3 is 2.67 bits per heavy atom. The van der Waals surface area contributed by atoms with Crippen LogP contribution in [0.25, 0.3) is 0 Å². The fourth-order valence-electron chi connectivity index (χ4n) is 3.63. The van der Waals surface area contributed by atoms with E-state index in [4.69, 9.17) is 0 Å². The van der Waals surface area contributed by atoms with Crippen LogP contribution in [-0.2, 0) is 16.0 Å². The number of benzene rings is 1. The molecule has 1 aromatic carbocycles. The highest BCUT2D eigenvalue weighted by atomic mass is 16.2. The molecule has 0 fully saturated rings. The Morgan fingerprint density at radius 2 is 1.93 bits per heavy atom. The predicted molar refractivity (Wildman–Crippen MR) is 119 cm³/mol. The van der Waals surface area contributed by atoms with Gasteiger partial charge in [-0.1, -0.05) is 31.2 Å². The lowest BCUT2D eigenvalue weighted by Crippen LogP contribution is -2.44. The Morgan fingerprint density at radius 1 is 1.17 bits per heavy atom. The fraction of sp³-hybridized carbons (Fsp3) is 0.435. The number of anilines is 2. The fourth-order valence-corrected chi connectivity index (χ4v) is 3.63. The van der Waals surface area contributed by atoms with Crippen molar-refractivity contribution in [2.45, 2.75) is 38.8 Å². The van der Waals surface area contributed by atoms with Gasteiger partial charge < -0.3 is 16.0 Å². The van der Waals surface area contributed by atoms with Crippen LogP contribution in [0.1, 0.15) is 25.8 Å². The summed E-state index contributed by atoms with van der Waals surface area (Å²) < 4.78 is 0. The number of aromatic nitrogens is 1. The van der Waals surface area contributed by atoms with E-state index in [1.54, 1.807) is 13.2 Å². The Hall–Kier alpha value is -2.93. The standard InChI is InChI=1S/C23H31N5O2/c1-16(14-27-23(30)17(2)24-3)12-21(29)28-20(13-18-8-7-11-25-22(18)28)15-26-19-9-5-4-6-10-19/h4-11,16-17,20,24,26H,12-15H2,1-3H3,(H,27,30)/t16-,17-,20-/m0/s1. The number of rotatable bonds is 9. The van der Waals surface area contributed by atoms with Gasteiger partial charge in [0.05, 0.1) is 12.1 Å². The third kappa shape index (κ3) is 5.36. The van der Waals surface area contributed by atoms with Gasteiger partial charge in [-0.25, -0.2) is 4.98 Å². The van der Waals surface area contributed by atoms with Crippen LogP contribution in [0, 0.1) is 5.92 Å². The van der Waals surface area contributed by atoms with Crippen LogP contribution in [-0.4, -0.2) is 49.0 Å². The molecular weight excluding hydrogens is 378 g/mol. The number of para-hydroxylation sites is 1. The number of pyridine rings is 1. The molecule has 2 heterocycles. The lowest BCUT2D eigenvalue weighted by Gasteiger charge is -2.27. The number of likely N-dealkylation sites (N-methyl/N-ethyl adjacent to an activating group) is 1. The topological polar surface area (TPSA) is 86.4 Å². The molecule has 0 saturated heterocycles. The first-order chi connectivity index (χ1) is 14.5. The number of carbonyl (C=O) groups is 2. The van der Waals surface area contributed by atoms with Gasteiger partial charge in [-0.3, -0.25) is 14.5 Å². The SMILES string of the molecule is CN[C@@H](C)C(=O)NC[C@@H](C)CC(=O)N1c2ncccc2C[C@H]1CNc1ccccc1. The van der Waals surface area contributed by atoms with Gasteiger partial charge in [0.1, 0.15) is 5.82 Å². The molecule has 7 nitrogen and oxygen atoms in total. The number of amides is 2. The minimum Gasteiger partial charge on any atom is -0.383 e. The van der Waals surface area contributed by atoms with Gasteiger partial charge in [0.2, 0.25) is 11.8 Å². The number of hydrogen-bond donors (Lipinski definition) is 3. The van der Waals surface area contributed by atoms with Crippen molar-refractivity contribution in [3.8, 4) is 0 Å². The second kappa shape index (κ2) is 10.2. The Bertz CT molecular complexity index is 858. The van der Waals surface area contributed by atoms with Crippen molar-refractivity contribution in [1.82, 2.24) is 15.6 Å². The van der Waals surface area contributed by atoms with Crippen LogP contribution in [0.3, 0.4) is 0 Å². The summed E-state index contributed by atoms with van der Waals surface area (Å²) >= 11 is 0. The summed E-state index contributed by atoms with van der Waals surface area (Å²) in [5.74, 6) is 0.758. The average Bonchev–Trinajstić information content (AvgIpc) is 3.14. The normalized spacial score (nSPS) is 17.2. The maximum atomic E-state index is 13.2. The van der Waals surface area contributed by atoms with Crippen molar-refractivity contribution in [2.24, 2.45) is 5.92 Å². The molecule has 3 rings (SSSR count). The molecule has 2 aromatic rings. The molecule has 3 atom stereocenters. The van der Waals surface area contributed by atoms with Crippen molar-refractivity contribution in [3.63, 3.8) is 0 Å². The third-order valence-electron chi connectivity index (χ3n) is 5.47. The molecule has 0 aliphatic carbocycles. The minimum absolute atomic E-state index is 0.00807. The van der Waals surface area contributed by atoms with Crippen molar-refractivity contribution < 1.29 is 9.59 Å². The van der Waals surface area contributed by atoms with Crippen molar-refractivity contribution >= 4 is 23.3 Å². The summed E-state index contributed by atoms with van der Waals surface area (Å²) in [5, 5.41) is 9.25. The van der Waals surface area contributed by atoms with E-state index in [2.05, 4.69) is 20.9 Å². The second-order valence-corrected chi connectivity index (χ2v) is 7.92. The lowest BCUT2D eigenvalue weighted by molar-refractivity contribution is -0.123. The van der Waals surface area contributed by atoms with Crippen LogP contribution in [0.4, 0.5) is 11.5 Å². The number of nitrogens with one attached hydrogen (secondary N) is 3. The van der Waals surface area contributed by atoms with Gasteiger partial charge in [0.15, 0.2) is 0 Å². The first kappa shape index (κ1) is 21.8. The molecule has 0 spiro atoms. The van der Waals surface area contributed by atoms with Gasteiger partial charge in [-0.05, 0) is 50.1 Å². The first-order valence-corrected chi connectivity index (χ1v) is 10.5. The molecule has 7 heteroatoms. The van der Waals surface area contributed by atoms with Crippen LogP contribution < -0.4 is 20.9 Å². The molecule has 1 aromatic heterocycles. The molecule has 0 unspecified atom stereocenters. The van der Waals surface area contributed by atoms with Crippen LogP contribution >= 0.6 is 0 Å². The molecule has 3 N–H and O–H groups in total. The summed E-state index contributed by atoms with van der Waals surface area (Å²) in [6.07, 6.45) is 2.86. The van der Waals surface area contributed by atoms with Gasteiger partial charge in [0, 0.05) is 31.4 Å². The molecule has 160 valence electrons. The van der Waals surface area contributed by atoms with Crippen LogP contribution in [0.15, 0.2) is 48.7 Å². The second-order valence-electron chi connectivity index (χ2n) is 7.92. The summed E-state index contributed by atoms with van der Waals surface area (Å²) in [7, 11) is 1.75. The van der Waals surface area contributed by atoms with E-state index in [0.29, 0.717) is 19.5 Å². The van der Waals surface area contributed by atoms with Gasteiger partial charge in [-0.15, -0.1) is 0 Å². The summed E-state index contributed by atoms with van der Waals surface area (Å²) in [6.45, 7) is 4.90. The molecule has 0 saturated carbocycles. The predicted octanol–water partition coefficient (Wildman–Crippen LogP) is 2.20. The molecule has 0 bridgehead atoms. The van der Waals surface area contributed by atoms with Crippen molar-refractivity contribution in [1.29, 1.82) is 0 Å². The van der Waals surface area contributed by atoms with Gasteiger partial charge >= 0.3 is 0 Å². The Kier molecular flexibility index (Phi) is 7.41. The average molecular weight is 410 g/mol. The Balaban J connectivity index is 1.63. The third-order valence-corrected chi connectivity index (χ3v) is 5.47. The van der Waals surface area contributed by atoms with E-state index in [-0.39, 0.29) is 29.8 Å². The van der Waals surface area contributed by atoms with E-state index in [1.165, 1.54) is 0 Å². The summed E-state index contributed by atoms with van der Waals surface area (Å²) in [4.78, 5) is 31.5. The van der Waals surface area contributed by atoms with E-state index in [0.717, 1.165) is 23.5 Å². The zero-order valence-corrected chi connectivity index (χ0v) is 17.9. The van der Waals surface area contributed by atoms with Crippen LogP contribution in [0.5, 0.6) is 0 Å². The highest BCUT2D eigenvalue weighted by Crippen LogP contribution is 2.31. The Labute approximate surface area is 178 Å². The molecule has 1 aliphatic rings. The maximum Gasteiger partial charge on any atom is 0.236 e. The monoisotopic (exact) mass is 409 g/mol. The van der Waals surface area contributed by atoms with Crippen molar-refractivity contribution in [3.05, 3.63) is 54.2 Å². The summed E-state index contributed by atoms with van der Waals surface area (Å²) in [6, 6.07) is 13.7. The molecule has 2 amide bonds. The largest absolute Gasteiger partial charge is 0.383 e. The lowest BCUT2D eigenvalue weighted by atomic mass is 10.1. The highest BCUT2D eigenvalue weighted by molar-refractivity contribution is 5.95. The summed E-state index contributed by atoms with van der Waals surface area (Å²) in [5.41, 5.74) is 2.12.